The van der Waals surface area contributed by atoms with Crippen LogP contribution in [0.2, 0.25) is 5.15 Å². The molecular weight excluding hydrogens is 833 g/mol. The summed E-state index contributed by atoms with van der Waals surface area (Å²) in [5, 5.41) is 12.9. The Morgan fingerprint density at radius 3 is 1.60 bits per heavy atom. The Labute approximate surface area is 347 Å². The third kappa shape index (κ3) is 11.0. The molecule has 0 aliphatic heterocycles. The van der Waals surface area contributed by atoms with Crippen LogP contribution < -0.4 is 15.0 Å². The highest BCUT2D eigenvalue weighted by Gasteiger charge is 2.15. The van der Waals surface area contributed by atoms with Crippen molar-refractivity contribution >= 4 is 72.5 Å². The summed E-state index contributed by atoms with van der Waals surface area (Å²) >= 11 is 20.1. The van der Waals surface area contributed by atoms with Gasteiger partial charge in [-0.1, -0.05) is 38.6 Å². The molecule has 17 heteroatoms. The first-order valence-electron chi connectivity index (χ1n) is 16.2. The van der Waals surface area contributed by atoms with Gasteiger partial charge in [-0.3, -0.25) is 9.36 Å². The molecule has 0 atom stereocenters. The molecule has 8 rings (SSSR count). The highest BCUT2D eigenvalue weighted by molar-refractivity contribution is 8.24. The fourth-order valence-electron chi connectivity index (χ4n) is 5.67. The van der Waals surface area contributed by atoms with Crippen LogP contribution >= 0.6 is 50.5 Å². The van der Waals surface area contributed by atoms with Gasteiger partial charge in [0.15, 0.2) is 5.15 Å². The Morgan fingerprint density at radius 2 is 1.14 bits per heavy atom. The van der Waals surface area contributed by atoms with Gasteiger partial charge in [0.2, 0.25) is 11.8 Å². The smallest absolute Gasteiger partial charge is 0.339 e. The summed E-state index contributed by atoms with van der Waals surface area (Å²) in [6.45, 7) is 7.77. The van der Waals surface area contributed by atoms with Crippen LogP contribution in [0.15, 0.2) is 112 Å². The number of halogens is 4. The molecule has 0 spiro atoms. The van der Waals surface area contributed by atoms with Crippen molar-refractivity contribution in [1.29, 1.82) is 0 Å². The molecule has 12 nitrogen and oxygen atoms in total. The largest absolute Gasteiger partial charge is 0.464 e. The topological polar surface area (TPSA) is 159 Å². The molecule has 0 saturated heterocycles. The van der Waals surface area contributed by atoms with Gasteiger partial charge in [0.05, 0.1) is 41.3 Å². The quantitative estimate of drug-likeness (QED) is 0.158. The van der Waals surface area contributed by atoms with Crippen LogP contribution in [0.25, 0.3) is 44.2 Å². The van der Waals surface area contributed by atoms with Gasteiger partial charge in [-0.15, -0.1) is 5.10 Å². The highest BCUT2D eigenvalue weighted by Crippen LogP contribution is 2.61. The van der Waals surface area contributed by atoms with E-state index in [1.54, 1.807) is 49.4 Å². The summed E-state index contributed by atoms with van der Waals surface area (Å²) in [6.07, 6.45) is 9.87. The average molecular weight is 871 g/mol. The van der Waals surface area contributed by atoms with Gasteiger partial charge in [-0.2, -0.15) is 10.2 Å². The Morgan fingerprint density at radius 1 is 0.667 bits per heavy atom. The number of aromatic nitrogens is 6. The van der Waals surface area contributed by atoms with E-state index >= 15 is 0 Å². The number of nitrogens with zero attached hydrogens (tertiary/aromatic N) is 5. The number of hydrogen-bond acceptors (Lipinski definition) is 11. The number of hydrogen-bond donors (Lipinski definition) is 1. The molecule has 296 valence electrons. The van der Waals surface area contributed by atoms with E-state index in [2.05, 4.69) is 64.1 Å². The van der Waals surface area contributed by atoms with E-state index in [9.17, 15) is 9.36 Å². The van der Waals surface area contributed by atoms with Crippen molar-refractivity contribution in [3.05, 3.63) is 136 Å². The van der Waals surface area contributed by atoms with Crippen LogP contribution in [0.4, 0.5) is 0 Å². The first-order chi connectivity index (χ1) is 26.3. The van der Waals surface area contributed by atoms with E-state index in [-0.39, 0.29) is 20.4 Å². The summed E-state index contributed by atoms with van der Waals surface area (Å²) in [6, 6.07) is 18.6. The zero-order valence-corrected chi connectivity index (χ0v) is 33.3. The fourth-order valence-corrected chi connectivity index (χ4v) is 5.97. The van der Waals surface area contributed by atoms with Gasteiger partial charge in [0, 0.05) is 18.0 Å². The van der Waals surface area contributed by atoms with Crippen LogP contribution in [0, 0.1) is 27.7 Å². The Bertz CT molecular complexity index is 2720. The molecule has 1 N–H and O–H groups in total. The molecule has 6 heterocycles. The van der Waals surface area contributed by atoms with Gasteiger partial charge >= 0.3 is 5.20 Å². The molecule has 0 unspecified atom stereocenters. The standard InChI is InChI=1S/C19H14ClN3O2.C19H15N3O3.2CH4.Cl3OP/c1-11-9-13(25-19-15-6-8-24-16(15)5-7-21-19)3-4-14(11)17-12(2)10-22-23-18(17)20;1-11-9-13(25-19-15-6-8-24-16(15)5-7-20-19)3-4-14(11)17-12(2)10-21-22-18(17)23;;;1-5(2,3)4/h3-10H,1-2H3;3-10H,1-2H3,(H,22,23);2*1H4;. The second-order valence-corrected chi connectivity index (χ2v) is 18.9. The molecule has 0 aliphatic carbocycles. The van der Waals surface area contributed by atoms with Crippen LogP contribution in [0.5, 0.6) is 23.3 Å². The maximum Gasteiger partial charge on any atom is 0.339 e. The molecule has 0 saturated carbocycles. The first kappa shape index (κ1) is 44.5. The number of furan rings is 2. The summed E-state index contributed by atoms with van der Waals surface area (Å²) in [5.74, 6) is 2.33. The predicted octanol–water partition coefficient (Wildman–Crippen LogP) is 13.4. The van der Waals surface area contributed by atoms with Crippen molar-refractivity contribution in [1.82, 2.24) is 30.4 Å². The van der Waals surface area contributed by atoms with Crippen LogP contribution in [-0.2, 0) is 4.57 Å². The third-order valence-electron chi connectivity index (χ3n) is 8.09. The van der Waals surface area contributed by atoms with Gasteiger partial charge in [0.25, 0.3) is 5.56 Å². The normalized spacial score (nSPS) is 10.7. The van der Waals surface area contributed by atoms with Crippen molar-refractivity contribution in [2.24, 2.45) is 0 Å². The van der Waals surface area contributed by atoms with Crippen molar-refractivity contribution in [2.75, 3.05) is 0 Å². The summed E-state index contributed by atoms with van der Waals surface area (Å²) in [4.78, 5) is 20.7. The second kappa shape index (κ2) is 19.3. The second-order valence-electron chi connectivity index (χ2n) is 11.9. The number of H-pyrrole nitrogens is 1. The maximum atomic E-state index is 12.1. The number of aryl methyl sites for hydroxylation is 4. The van der Waals surface area contributed by atoms with Crippen LogP contribution in [0.1, 0.15) is 37.1 Å². The van der Waals surface area contributed by atoms with E-state index < -0.39 is 5.20 Å². The number of benzene rings is 2. The molecule has 57 heavy (non-hydrogen) atoms. The van der Waals surface area contributed by atoms with Gasteiger partial charge in [0.1, 0.15) is 22.7 Å². The average Bonchev–Trinajstić information content (AvgIpc) is 3.81. The Kier molecular flexibility index (Phi) is 15.0. The van der Waals surface area contributed by atoms with Gasteiger partial charge in [-0.05, 0) is 143 Å². The number of pyridine rings is 2. The van der Waals surface area contributed by atoms with Gasteiger partial charge in [-0.25, -0.2) is 15.1 Å². The SMILES string of the molecule is C.C.Cc1cc(Oc2nccc3occc23)ccc1-c1c(C)cn[nH]c1=O.Cc1cc(Oc2nccc3occc23)ccc1-c1c(C)cnnc1Cl.O=P(Cl)(Cl)Cl. The number of fused-ring (bicyclic) bond motifs is 2. The van der Waals surface area contributed by atoms with Crippen molar-refractivity contribution in [3.8, 4) is 45.5 Å². The number of nitrogens with one attached hydrogen (secondary N) is 1. The minimum atomic E-state index is -3.22. The first-order valence-corrected chi connectivity index (χ1v) is 21.0. The summed E-state index contributed by atoms with van der Waals surface area (Å²) in [5.41, 5.74) is 8.35. The lowest BCUT2D eigenvalue weighted by atomic mass is 9.99. The number of aromatic amines is 1. The molecule has 0 fully saturated rings. The Balaban J connectivity index is 0.000000219. The van der Waals surface area contributed by atoms with Gasteiger partial charge < -0.3 is 18.3 Å². The lowest BCUT2D eigenvalue weighted by Gasteiger charge is -2.12. The Hall–Kier alpha value is -5.23. The minimum absolute atomic E-state index is 0. The summed E-state index contributed by atoms with van der Waals surface area (Å²) in [7, 11) is 0. The minimum Gasteiger partial charge on any atom is -0.464 e. The lowest BCUT2D eigenvalue weighted by molar-refractivity contribution is 0.468. The lowest BCUT2D eigenvalue weighted by Crippen LogP contribution is -2.12. The maximum absolute atomic E-state index is 12.1. The zero-order valence-electron chi connectivity index (χ0n) is 29.4. The molecule has 6 aromatic heterocycles. The molecule has 0 bridgehead atoms. The van der Waals surface area contributed by atoms with E-state index in [4.69, 9.17) is 29.9 Å². The highest BCUT2D eigenvalue weighted by atomic mass is 36.0. The van der Waals surface area contributed by atoms with Crippen molar-refractivity contribution in [2.45, 2.75) is 42.5 Å². The number of rotatable bonds is 6. The van der Waals surface area contributed by atoms with Crippen LogP contribution in [0.3, 0.4) is 0 Å². The van der Waals surface area contributed by atoms with Crippen molar-refractivity contribution < 1.29 is 22.9 Å². The molecule has 0 amide bonds. The zero-order chi connectivity index (χ0) is 39.3. The molecular formula is C40H37Cl4N6O6P. The fraction of sp³-hybridized carbons (Fsp3) is 0.150. The predicted molar refractivity (Wildman–Crippen MR) is 229 cm³/mol. The molecule has 0 aliphatic rings. The number of ether oxygens (including phenoxy) is 2. The van der Waals surface area contributed by atoms with E-state index in [1.807, 2.05) is 76.2 Å². The van der Waals surface area contributed by atoms with Crippen LogP contribution in [-0.4, -0.2) is 30.4 Å². The summed E-state index contributed by atoms with van der Waals surface area (Å²) < 4.78 is 32.1. The molecule has 2 aromatic carbocycles. The molecule has 8 aromatic rings. The van der Waals surface area contributed by atoms with E-state index in [0.29, 0.717) is 34.0 Å². The van der Waals surface area contributed by atoms with E-state index in [1.165, 1.54) is 0 Å². The van der Waals surface area contributed by atoms with E-state index in [0.717, 1.165) is 60.9 Å². The third-order valence-corrected chi connectivity index (χ3v) is 8.36. The monoisotopic (exact) mass is 868 g/mol. The molecule has 0 radical (unpaired) electrons. The van der Waals surface area contributed by atoms with Crippen molar-refractivity contribution in [3.63, 3.8) is 0 Å².